The number of aromatic nitrogens is 3. The fourth-order valence-electron chi connectivity index (χ4n) is 2.73. The molecule has 0 fully saturated rings. The van der Waals surface area contributed by atoms with Gasteiger partial charge in [0.15, 0.2) is 0 Å². The summed E-state index contributed by atoms with van der Waals surface area (Å²) in [5.74, 6) is 0.975. The van der Waals surface area contributed by atoms with Crippen LogP contribution in [0.1, 0.15) is 23.2 Å². The van der Waals surface area contributed by atoms with Crippen molar-refractivity contribution in [1.29, 1.82) is 0 Å². The van der Waals surface area contributed by atoms with Crippen LogP contribution in [0, 0.1) is 0 Å². The summed E-state index contributed by atoms with van der Waals surface area (Å²) in [6, 6.07) is 21.2. The highest BCUT2D eigenvalue weighted by molar-refractivity contribution is 6.30. The van der Waals surface area contributed by atoms with E-state index < -0.39 is 0 Å². The summed E-state index contributed by atoms with van der Waals surface area (Å²) in [4.78, 5) is 3.22. The van der Waals surface area contributed by atoms with Gasteiger partial charge in [-0.1, -0.05) is 41.9 Å². The SMILES string of the molecule is Clc1ccc(-c2nnc(C(NCc3ccccc3)c3ccc[nH]3)o2)cc1. The summed E-state index contributed by atoms with van der Waals surface area (Å²) in [5, 5.41) is 12.6. The highest BCUT2D eigenvalue weighted by Gasteiger charge is 2.21. The average molecular weight is 365 g/mol. The number of halogens is 1. The van der Waals surface area contributed by atoms with E-state index in [1.165, 1.54) is 5.56 Å². The Bertz CT molecular complexity index is 949. The molecule has 4 rings (SSSR count). The molecule has 0 aliphatic carbocycles. The number of H-pyrrole nitrogens is 1. The maximum atomic E-state index is 5.94. The monoisotopic (exact) mass is 364 g/mol. The van der Waals surface area contributed by atoms with Gasteiger partial charge < -0.3 is 9.40 Å². The van der Waals surface area contributed by atoms with E-state index in [-0.39, 0.29) is 6.04 Å². The predicted octanol–water partition coefficient (Wildman–Crippen LogP) is 4.60. The molecular weight excluding hydrogens is 348 g/mol. The first-order valence-corrected chi connectivity index (χ1v) is 8.67. The Kier molecular flexibility index (Phi) is 4.82. The molecule has 0 saturated heterocycles. The number of aromatic amines is 1. The number of rotatable bonds is 6. The van der Waals surface area contributed by atoms with Crippen molar-refractivity contribution in [3.63, 3.8) is 0 Å². The van der Waals surface area contributed by atoms with Crippen LogP contribution in [0.4, 0.5) is 0 Å². The molecule has 0 aliphatic rings. The summed E-state index contributed by atoms with van der Waals surface area (Å²) in [6.45, 7) is 0.684. The van der Waals surface area contributed by atoms with Crippen molar-refractivity contribution < 1.29 is 4.42 Å². The van der Waals surface area contributed by atoms with Crippen molar-refractivity contribution in [2.24, 2.45) is 0 Å². The first kappa shape index (κ1) is 16.6. The summed E-state index contributed by atoms with van der Waals surface area (Å²) < 4.78 is 5.94. The van der Waals surface area contributed by atoms with E-state index in [2.05, 4.69) is 32.6 Å². The van der Waals surface area contributed by atoms with Gasteiger partial charge in [-0.25, -0.2) is 0 Å². The molecule has 2 aromatic carbocycles. The van der Waals surface area contributed by atoms with Crippen LogP contribution in [0.25, 0.3) is 11.5 Å². The lowest BCUT2D eigenvalue weighted by Gasteiger charge is -2.14. The van der Waals surface area contributed by atoms with E-state index in [1.54, 1.807) is 12.1 Å². The van der Waals surface area contributed by atoms with Gasteiger partial charge in [0.05, 0.1) is 0 Å². The van der Waals surface area contributed by atoms with Gasteiger partial charge in [0.25, 0.3) is 0 Å². The van der Waals surface area contributed by atoms with E-state index in [1.807, 2.05) is 48.7 Å². The normalized spacial score (nSPS) is 12.2. The number of nitrogens with one attached hydrogen (secondary N) is 2. The van der Waals surface area contributed by atoms with Crippen LogP contribution in [0.2, 0.25) is 5.02 Å². The van der Waals surface area contributed by atoms with Crippen LogP contribution in [0.5, 0.6) is 0 Å². The largest absolute Gasteiger partial charge is 0.419 e. The summed E-state index contributed by atoms with van der Waals surface area (Å²) in [6.07, 6.45) is 1.88. The lowest BCUT2D eigenvalue weighted by molar-refractivity contribution is 0.434. The molecule has 4 aromatic rings. The molecule has 0 saturated carbocycles. The minimum atomic E-state index is -0.223. The fraction of sp³-hybridized carbons (Fsp3) is 0.100. The van der Waals surface area contributed by atoms with E-state index in [4.69, 9.17) is 16.0 Å². The maximum Gasteiger partial charge on any atom is 0.247 e. The van der Waals surface area contributed by atoms with Gasteiger partial charge in [-0.15, -0.1) is 10.2 Å². The van der Waals surface area contributed by atoms with E-state index in [0.717, 1.165) is 11.3 Å². The summed E-state index contributed by atoms with van der Waals surface area (Å²) in [5.41, 5.74) is 2.98. The number of nitrogens with zero attached hydrogens (tertiary/aromatic N) is 2. The van der Waals surface area contributed by atoms with E-state index >= 15 is 0 Å². The Morgan fingerprint density at radius 2 is 1.77 bits per heavy atom. The van der Waals surface area contributed by atoms with Gasteiger partial charge in [0.2, 0.25) is 11.8 Å². The van der Waals surface area contributed by atoms with Crippen molar-refractivity contribution in [1.82, 2.24) is 20.5 Å². The summed E-state index contributed by atoms with van der Waals surface area (Å²) >= 11 is 5.94. The molecule has 2 heterocycles. The van der Waals surface area contributed by atoms with Crippen LogP contribution >= 0.6 is 11.6 Å². The smallest absolute Gasteiger partial charge is 0.247 e. The third-order valence-corrected chi connectivity index (χ3v) is 4.32. The molecule has 0 aliphatic heterocycles. The van der Waals surface area contributed by atoms with Gasteiger partial charge in [-0.3, -0.25) is 5.32 Å². The molecule has 1 atom stereocenters. The highest BCUT2D eigenvalue weighted by Crippen LogP contribution is 2.25. The number of hydrogen-bond donors (Lipinski definition) is 2. The Morgan fingerprint density at radius 1 is 0.962 bits per heavy atom. The highest BCUT2D eigenvalue weighted by atomic mass is 35.5. The molecule has 0 radical (unpaired) electrons. The van der Waals surface area contributed by atoms with Crippen molar-refractivity contribution in [3.05, 3.63) is 95.1 Å². The molecule has 0 spiro atoms. The Balaban J connectivity index is 1.59. The fourth-order valence-corrected chi connectivity index (χ4v) is 2.86. The predicted molar refractivity (Wildman–Crippen MR) is 101 cm³/mol. The lowest BCUT2D eigenvalue weighted by Crippen LogP contribution is -2.22. The Morgan fingerprint density at radius 3 is 2.50 bits per heavy atom. The molecule has 130 valence electrons. The third-order valence-electron chi connectivity index (χ3n) is 4.06. The quantitative estimate of drug-likeness (QED) is 0.524. The Labute approximate surface area is 156 Å². The zero-order valence-corrected chi connectivity index (χ0v) is 14.6. The molecule has 5 nitrogen and oxygen atoms in total. The van der Waals surface area contributed by atoms with Crippen molar-refractivity contribution >= 4 is 11.6 Å². The minimum absolute atomic E-state index is 0.223. The van der Waals surface area contributed by atoms with Crippen LogP contribution in [-0.2, 0) is 6.54 Å². The molecule has 6 heteroatoms. The molecule has 2 N–H and O–H groups in total. The average Bonchev–Trinajstić information content (AvgIpc) is 3.36. The van der Waals surface area contributed by atoms with Crippen LogP contribution in [0.15, 0.2) is 77.3 Å². The minimum Gasteiger partial charge on any atom is -0.419 e. The summed E-state index contributed by atoms with van der Waals surface area (Å²) in [7, 11) is 0. The molecule has 26 heavy (non-hydrogen) atoms. The van der Waals surface area contributed by atoms with E-state index in [0.29, 0.717) is 23.3 Å². The topological polar surface area (TPSA) is 66.7 Å². The molecular formula is C20H17ClN4O. The number of hydrogen-bond acceptors (Lipinski definition) is 4. The number of benzene rings is 2. The van der Waals surface area contributed by atoms with Crippen LogP contribution in [-0.4, -0.2) is 15.2 Å². The molecule has 0 amide bonds. The molecule has 1 unspecified atom stereocenters. The van der Waals surface area contributed by atoms with Crippen molar-refractivity contribution in [2.45, 2.75) is 12.6 Å². The van der Waals surface area contributed by atoms with Gasteiger partial charge in [0, 0.05) is 29.0 Å². The van der Waals surface area contributed by atoms with Crippen LogP contribution in [0.3, 0.4) is 0 Å². The second-order valence-electron chi connectivity index (χ2n) is 5.88. The molecule has 0 bridgehead atoms. The van der Waals surface area contributed by atoms with Gasteiger partial charge >= 0.3 is 0 Å². The second-order valence-corrected chi connectivity index (χ2v) is 6.31. The zero-order chi connectivity index (χ0) is 17.8. The van der Waals surface area contributed by atoms with Crippen LogP contribution < -0.4 is 5.32 Å². The zero-order valence-electron chi connectivity index (χ0n) is 13.9. The Hall–Kier alpha value is -2.89. The first-order valence-electron chi connectivity index (χ1n) is 8.29. The standard InChI is InChI=1S/C20H17ClN4O/c21-16-10-8-15(9-11-16)19-24-25-20(26-19)18(17-7-4-12-22-17)23-13-14-5-2-1-3-6-14/h1-12,18,22-23H,13H2. The third kappa shape index (κ3) is 3.69. The molecule has 2 aromatic heterocycles. The van der Waals surface area contributed by atoms with Crippen molar-refractivity contribution in [2.75, 3.05) is 0 Å². The van der Waals surface area contributed by atoms with Crippen molar-refractivity contribution in [3.8, 4) is 11.5 Å². The lowest BCUT2D eigenvalue weighted by atomic mass is 10.1. The first-order chi connectivity index (χ1) is 12.8. The second kappa shape index (κ2) is 7.56. The van der Waals surface area contributed by atoms with E-state index in [9.17, 15) is 0 Å². The maximum absolute atomic E-state index is 5.94. The van der Waals surface area contributed by atoms with Gasteiger partial charge in [-0.05, 0) is 42.0 Å². The van der Waals surface area contributed by atoms with Gasteiger partial charge in [-0.2, -0.15) is 0 Å². The van der Waals surface area contributed by atoms with Gasteiger partial charge in [0.1, 0.15) is 6.04 Å².